The molecule has 0 unspecified atom stereocenters. The predicted molar refractivity (Wildman–Crippen MR) is 99.9 cm³/mol. The Labute approximate surface area is 170 Å². The summed E-state index contributed by atoms with van der Waals surface area (Å²) in [4.78, 5) is 4.13. The fourth-order valence-electron chi connectivity index (χ4n) is 3.70. The van der Waals surface area contributed by atoms with Crippen molar-refractivity contribution >= 4 is 15.7 Å². The van der Waals surface area contributed by atoms with Crippen molar-refractivity contribution in [2.75, 3.05) is 13.1 Å². The minimum absolute atomic E-state index is 0.0353. The first-order valence-electron chi connectivity index (χ1n) is 9.26. The molecule has 0 aliphatic carbocycles. The van der Waals surface area contributed by atoms with E-state index < -0.39 is 33.6 Å². The van der Waals surface area contributed by atoms with Crippen LogP contribution in [-0.2, 0) is 16.2 Å². The minimum Gasteiger partial charge on any atom is -0.233 e. The lowest BCUT2D eigenvalue weighted by atomic mass is 9.95. The van der Waals surface area contributed by atoms with Gasteiger partial charge < -0.3 is 0 Å². The van der Waals surface area contributed by atoms with Crippen LogP contribution in [0.15, 0.2) is 41.3 Å². The van der Waals surface area contributed by atoms with Gasteiger partial charge in [-0.05, 0) is 44.0 Å². The maximum Gasteiger partial charge on any atom is 0.433 e. The summed E-state index contributed by atoms with van der Waals surface area (Å²) in [7, 11) is -3.98. The van der Waals surface area contributed by atoms with E-state index in [1.165, 1.54) is 22.5 Å². The van der Waals surface area contributed by atoms with Gasteiger partial charge in [0, 0.05) is 30.8 Å². The number of sulfonamides is 1. The van der Waals surface area contributed by atoms with Gasteiger partial charge in [0.2, 0.25) is 10.0 Å². The largest absolute Gasteiger partial charge is 0.433 e. The monoisotopic (exact) mass is 442 g/mol. The molecule has 0 bridgehead atoms. The number of fused-ring (bicyclic) bond motifs is 1. The van der Waals surface area contributed by atoms with Crippen molar-refractivity contribution in [2.24, 2.45) is 0 Å². The molecule has 160 valence electrons. The zero-order valence-corrected chi connectivity index (χ0v) is 16.7. The summed E-state index contributed by atoms with van der Waals surface area (Å²) >= 11 is 0. The van der Waals surface area contributed by atoms with E-state index in [9.17, 15) is 26.0 Å². The number of piperidine rings is 1. The molecule has 1 fully saturated rings. The Morgan fingerprint density at radius 1 is 1.17 bits per heavy atom. The van der Waals surface area contributed by atoms with E-state index >= 15 is 0 Å². The molecule has 4 rings (SSSR count). The summed E-state index contributed by atoms with van der Waals surface area (Å²) < 4.78 is 81.9. The van der Waals surface area contributed by atoms with Crippen LogP contribution in [0.5, 0.6) is 0 Å². The fraction of sp³-hybridized carbons (Fsp3) is 0.368. The Balaban J connectivity index is 1.71. The van der Waals surface area contributed by atoms with Crippen molar-refractivity contribution in [2.45, 2.75) is 36.8 Å². The van der Waals surface area contributed by atoms with Crippen LogP contribution in [0.2, 0.25) is 0 Å². The number of aryl methyl sites for hydroxylation is 1. The molecule has 3 heterocycles. The first-order valence-corrected chi connectivity index (χ1v) is 10.7. The van der Waals surface area contributed by atoms with Gasteiger partial charge >= 0.3 is 6.18 Å². The van der Waals surface area contributed by atoms with Crippen LogP contribution >= 0.6 is 0 Å². The summed E-state index contributed by atoms with van der Waals surface area (Å²) in [5, 5.41) is 3.86. The van der Waals surface area contributed by atoms with Gasteiger partial charge in [-0.1, -0.05) is 6.07 Å². The molecule has 1 aromatic carbocycles. The highest BCUT2D eigenvalue weighted by molar-refractivity contribution is 7.89. The molecule has 1 atom stereocenters. The molecular formula is C19H18F4N4O2S. The molecule has 11 heteroatoms. The van der Waals surface area contributed by atoms with Crippen LogP contribution in [0.4, 0.5) is 17.6 Å². The van der Waals surface area contributed by atoms with E-state index in [0.29, 0.717) is 18.5 Å². The van der Waals surface area contributed by atoms with Crippen molar-refractivity contribution < 1.29 is 26.0 Å². The van der Waals surface area contributed by atoms with Gasteiger partial charge in [0.25, 0.3) is 0 Å². The number of aromatic nitrogens is 3. The average molecular weight is 442 g/mol. The predicted octanol–water partition coefficient (Wildman–Crippen LogP) is 3.76. The molecule has 2 aromatic heterocycles. The number of nitrogens with zero attached hydrogens (tertiary/aromatic N) is 4. The first kappa shape index (κ1) is 20.7. The topological polar surface area (TPSA) is 67.6 Å². The Morgan fingerprint density at radius 2 is 1.93 bits per heavy atom. The molecule has 0 spiro atoms. The number of benzene rings is 1. The van der Waals surface area contributed by atoms with Crippen molar-refractivity contribution in [3.63, 3.8) is 0 Å². The number of hydrogen-bond acceptors (Lipinski definition) is 4. The maximum atomic E-state index is 13.6. The van der Waals surface area contributed by atoms with E-state index in [2.05, 4.69) is 10.1 Å². The lowest BCUT2D eigenvalue weighted by Gasteiger charge is -2.32. The summed E-state index contributed by atoms with van der Waals surface area (Å²) in [6.45, 7) is 1.74. The van der Waals surface area contributed by atoms with E-state index in [4.69, 9.17) is 0 Å². The van der Waals surface area contributed by atoms with Gasteiger partial charge in [0.1, 0.15) is 11.5 Å². The molecule has 1 aliphatic heterocycles. The van der Waals surface area contributed by atoms with Crippen molar-refractivity contribution in [3.05, 3.63) is 59.3 Å². The van der Waals surface area contributed by atoms with Crippen LogP contribution in [0.25, 0.3) is 5.65 Å². The molecule has 1 aliphatic rings. The third kappa shape index (κ3) is 3.79. The minimum atomic E-state index is -4.64. The van der Waals surface area contributed by atoms with Crippen molar-refractivity contribution in [3.8, 4) is 0 Å². The highest BCUT2D eigenvalue weighted by Crippen LogP contribution is 2.34. The van der Waals surface area contributed by atoms with Gasteiger partial charge in [-0.3, -0.25) is 0 Å². The van der Waals surface area contributed by atoms with Crippen molar-refractivity contribution in [1.82, 2.24) is 18.9 Å². The summed E-state index contributed by atoms with van der Waals surface area (Å²) in [5.41, 5.74) is -0.346. The zero-order valence-electron chi connectivity index (χ0n) is 15.9. The zero-order chi connectivity index (χ0) is 21.7. The second-order valence-corrected chi connectivity index (χ2v) is 9.22. The highest BCUT2D eigenvalue weighted by atomic mass is 32.2. The molecule has 0 N–H and O–H groups in total. The quantitative estimate of drug-likeness (QED) is 0.580. The lowest BCUT2D eigenvalue weighted by molar-refractivity contribution is -0.142. The number of hydrogen-bond donors (Lipinski definition) is 0. The Morgan fingerprint density at radius 3 is 2.63 bits per heavy atom. The molecule has 0 saturated carbocycles. The number of halogens is 4. The number of rotatable bonds is 3. The van der Waals surface area contributed by atoms with E-state index in [-0.39, 0.29) is 29.3 Å². The smallest absolute Gasteiger partial charge is 0.233 e. The normalized spacial score (nSPS) is 18.8. The second kappa shape index (κ2) is 7.31. The van der Waals surface area contributed by atoms with Crippen LogP contribution in [0.3, 0.4) is 0 Å². The standard InChI is InChI=1S/C19H18F4N4O2S/c1-12-8-18-24-16(10-17(19(21,22)23)27(18)25-12)13-4-3-7-26(11-13)30(28,29)15-6-2-5-14(20)9-15/h2,5-6,8-10,13H,3-4,7,11H2,1H3/t13-/m0/s1. The van der Waals surface area contributed by atoms with Crippen LogP contribution < -0.4 is 0 Å². The highest BCUT2D eigenvalue weighted by Gasteiger charge is 2.37. The lowest BCUT2D eigenvalue weighted by Crippen LogP contribution is -2.39. The third-order valence-electron chi connectivity index (χ3n) is 5.10. The molecule has 0 radical (unpaired) electrons. The van der Waals surface area contributed by atoms with Crippen LogP contribution in [-0.4, -0.2) is 40.4 Å². The Hall–Kier alpha value is -2.53. The second-order valence-electron chi connectivity index (χ2n) is 7.28. The summed E-state index contributed by atoms with van der Waals surface area (Å²) in [5.74, 6) is -1.20. The van der Waals surface area contributed by atoms with Gasteiger partial charge in [-0.25, -0.2) is 22.3 Å². The van der Waals surface area contributed by atoms with Crippen LogP contribution in [0.1, 0.15) is 35.8 Å². The van der Waals surface area contributed by atoms with Gasteiger partial charge in [0.05, 0.1) is 10.6 Å². The molecule has 3 aromatic rings. The van der Waals surface area contributed by atoms with E-state index in [1.54, 1.807) is 6.92 Å². The third-order valence-corrected chi connectivity index (χ3v) is 6.96. The average Bonchev–Trinajstić information content (AvgIpc) is 3.06. The van der Waals surface area contributed by atoms with Gasteiger partial charge in [-0.2, -0.15) is 22.6 Å². The Kier molecular flexibility index (Phi) is 5.05. The fourth-order valence-corrected chi connectivity index (χ4v) is 5.25. The summed E-state index contributed by atoms with van der Waals surface area (Å²) in [6, 6.07) is 7.05. The maximum absolute atomic E-state index is 13.6. The summed E-state index contributed by atoms with van der Waals surface area (Å²) in [6.07, 6.45) is -3.70. The van der Waals surface area contributed by atoms with Crippen LogP contribution in [0, 0.1) is 12.7 Å². The first-order chi connectivity index (χ1) is 14.1. The van der Waals surface area contributed by atoms with Gasteiger partial charge in [0.15, 0.2) is 5.65 Å². The molecule has 1 saturated heterocycles. The molecule has 6 nitrogen and oxygen atoms in total. The van der Waals surface area contributed by atoms with Gasteiger partial charge in [-0.15, -0.1) is 0 Å². The number of alkyl halides is 3. The SMILES string of the molecule is Cc1cc2nc([C@H]3CCCN(S(=O)(=O)c4cccc(F)c4)C3)cc(C(F)(F)F)n2n1. The Bertz CT molecular complexity index is 1210. The van der Waals surface area contributed by atoms with Crippen molar-refractivity contribution in [1.29, 1.82) is 0 Å². The molecular weight excluding hydrogens is 424 g/mol. The van der Waals surface area contributed by atoms with E-state index in [0.717, 1.165) is 22.7 Å². The van der Waals surface area contributed by atoms with E-state index in [1.807, 2.05) is 0 Å². The molecule has 30 heavy (non-hydrogen) atoms. The molecule has 0 amide bonds.